The third-order valence-corrected chi connectivity index (χ3v) is 4.82. The number of carbonyl (C=O) groups excluding carboxylic acids is 4. The van der Waals surface area contributed by atoms with E-state index in [-0.39, 0.29) is 40.4 Å². The summed E-state index contributed by atoms with van der Waals surface area (Å²) in [4.78, 5) is 48.5. The molecule has 0 spiro atoms. The van der Waals surface area contributed by atoms with Gasteiger partial charge in [0, 0.05) is 11.1 Å². The monoisotopic (exact) mass is 542 g/mol. The Labute approximate surface area is 225 Å². The van der Waals surface area contributed by atoms with Crippen LogP contribution in [0.5, 0.6) is 11.5 Å². The molecule has 0 bridgehead atoms. The molecule has 0 aromatic heterocycles. The van der Waals surface area contributed by atoms with Crippen molar-refractivity contribution in [1.82, 2.24) is 0 Å². The summed E-state index contributed by atoms with van der Waals surface area (Å²) in [5.41, 5.74) is 0.272. The highest BCUT2D eigenvalue weighted by Crippen LogP contribution is 2.29. The zero-order valence-corrected chi connectivity index (χ0v) is 21.6. The maximum atomic E-state index is 12.8. The maximum Gasteiger partial charge on any atom is 0.342 e. The lowest BCUT2D eigenvalue weighted by Crippen LogP contribution is -2.28. The first-order valence-electron chi connectivity index (χ1n) is 11.7. The highest BCUT2D eigenvalue weighted by Gasteiger charge is 2.23. The second-order valence-corrected chi connectivity index (χ2v) is 8.31. The van der Waals surface area contributed by atoms with E-state index in [0.717, 1.165) is 0 Å². The van der Waals surface area contributed by atoms with Crippen LogP contribution in [0, 0.1) is 0 Å². The van der Waals surface area contributed by atoms with Crippen molar-refractivity contribution in [3.63, 3.8) is 0 Å². The van der Waals surface area contributed by atoms with Crippen molar-refractivity contribution >= 4 is 23.9 Å². The van der Waals surface area contributed by atoms with Crippen LogP contribution in [0.15, 0.2) is 72.8 Å². The molecule has 11 heteroatoms. The van der Waals surface area contributed by atoms with Crippen molar-refractivity contribution in [1.29, 1.82) is 0 Å². The molecule has 2 aromatic carbocycles. The van der Waals surface area contributed by atoms with E-state index in [4.69, 9.17) is 23.7 Å². The van der Waals surface area contributed by atoms with Crippen molar-refractivity contribution in [3.05, 3.63) is 84.0 Å². The maximum absolute atomic E-state index is 12.8. The predicted octanol–water partition coefficient (Wildman–Crippen LogP) is 2.75. The molecule has 0 fully saturated rings. The minimum atomic E-state index is -1.27. The van der Waals surface area contributed by atoms with Crippen LogP contribution in [0.25, 0.3) is 0 Å². The van der Waals surface area contributed by atoms with Gasteiger partial charge in [-0.1, -0.05) is 37.4 Å². The fraction of sp³-hybridized carbons (Fsp3) is 0.286. The summed E-state index contributed by atoms with van der Waals surface area (Å²) in [6.45, 7) is 7.94. The molecule has 0 saturated carbocycles. The fourth-order valence-corrected chi connectivity index (χ4v) is 2.79. The molecule has 2 aromatic rings. The van der Waals surface area contributed by atoms with Crippen molar-refractivity contribution in [3.8, 4) is 11.5 Å². The Kier molecular flexibility index (Phi) is 11.9. The SMILES string of the molecule is C=C(C)C(=O)OCC(O)COC(=O)c1ccccc1Oc1ccccc1C(=O)OC(CO)COC(=O)C(=C)C. The number of aliphatic hydroxyl groups excluding tert-OH is 2. The Hall–Kier alpha value is -4.48. The van der Waals surface area contributed by atoms with Crippen LogP contribution in [0.4, 0.5) is 0 Å². The average Bonchev–Trinajstić information content (AvgIpc) is 2.92. The molecule has 11 nitrogen and oxygen atoms in total. The molecule has 2 unspecified atom stereocenters. The van der Waals surface area contributed by atoms with Crippen molar-refractivity contribution in [2.24, 2.45) is 0 Å². The molecule has 0 aliphatic heterocycles. The van der Waals surface area contributed by atoms with Crippen LogP contribution in [0.1, 0.15) is 34.6 Å². The quantitative estimate of drug-likeness (QED) is 0.206. The molecular formula is C28H30O11. The van der Waals surface area contributed by atoms with E-state index in [0.29, 0.717) is 0 Å². The first-order chi connectivity index (χ1) is 18.5. The molecule has 2 atom stereocenters. The molecule has 2 rings (SSSR count). The Morgan fingerprint density at radius 1 is 0.744 bits per heavy atom. The van der Waals surface area contributed by atoms with E-state index >= 15 is 0 Å². The number of benzene rings is 2. The van der Waals surface area contributed by atoms with Gasteiger partial charge in [-0.15, -0.1) is 0 Å². The molecule has 0 radical (unpaired) electrons. The highest BCUT2D eigenvalue weighted by atomic mass is 16.6. The Morgan fingerprint density at radius 2 is 1.21 bits per heavy atom. The predicted molar refractivity (Wildman–Crippen MR) is 137 cm³/mol. The van der Waals surface area contributed by atoms with E-state index in [1.165, 1.54) is 38.1 Å². The van der Waals surface area contributed by atoms with Gasteiger partial charge in [-0.05, 0) is 38.1 Å². The molecule has 0 aliphatic carbocycles. The lowest BCUT2D eigenvalue weighted by atomic mass is 10.1. The number of aliphatic hydroxyl groups is 2. The third kappa shape index (κ3) is 9.72. The van der Waals surface area contributed by atoms with Gasteiger partial charge in [-0.25, -0.2) is 19.2 Å². The number of hydrogen-bond acceptors (Lipinski definition) is 11. The molecule has 2 N–H and O–H groups in total. The van der Waals surface area contributed by atoms with Gasteiger partial charge in [-0.3, -0.25) is 0 Å². The van der Waals surface area contributed by atoms with E-state index < -0.39 is 55.9 Å². The highest BCUT2D eigenvalue weighted by molar-refractivity contribution is 5.94. The summed E-state index contributed by atoms with van der Waals surface area (Å²) in [7, 11) is 0. The summed E-state index contributed by atoms with van der Waals surface area (Å²) in [5.74, 6) is -3.02. The van der Waals surface area contributed by atoms with Gasteiger partial charge in [0.2, 0.25) is 0 Å². The molecular weight excluding hydrogens is 512 g/mol. The summed E-state index contributed by atoms with van der Waals surface area (Å²) in [6.07, 6.45) is -2.41. The zero-order chi connectivity index (χ0) is 28.9. The number of hydrogen-bond donors (Lipinski definition) is 2. The smallest absolute Gasteiger partial charge is 0.342 e. The van der Waals surface area contributed by atoms with Crippen molar-refractivity contribution in [2.45, 2.75) is 26.1 Å². The van der Waals surface area contributed by atoms with Crippen LogP contribution in [-0.2, 0) is 28.5 Å². The standard InChI is InChI=1S/C28H30O11/c1-17(2)25(31)35-14-19(30)15-36-27(33)21-9-5-7-11-23(21)39-24-12-8-6-10-22(24)28(34)38-20(13-29)16-37-26(32)18(3)4/h5-12,19-20,29-30H,1,3,13-16H2,2,4H3. The lowest BCUT2D eigenvalue weighted by molar-refractivity contribution is -0.143. The molecule has 0 amide bonds. The Morgan fingerprint density at radius 3 is 1.72 bits per heavy atom. The summed E-state index contributed by atoms with van der Waals surface area (Å²) in [6, 6.07) is 12.1. The van der Waals surface area contributed by atoms with Gasteiger partial charge in [-0.2, -0.15) is 0 Å². The topological polar surface area (TPSA) is 155 Å². The number of rotatable bonds is 14. The van der Waals surface area contributed by atoms with E-state index in [1.807, 2.05) is 0 Å². The molecule has 208 valence electrons. The van der Waals surface area contributed by atoms with Gasteiger partial charge >= 0.3 is 23.9 Å². The van der Waals surface area contributed by atoms with Crippen LogP contribution < -0.4 is 4.74 Å². The Balaban J connectivity index is 2.09. The van der Waals surface area contributed by atoms with Crippen LogP contribution >= 0.6 is 0 Å². The zero-order valence-electron chi connectivity index (χ0n) is 21.6. The molecule has 0 aliphatic rings. The normalized spacial score (nSPS) is 11.9. The first-order valence-corrected chi connectivity index (χ1v) is 11.7. The largest absolute Gasteiger partial charge is 0.459 e. The van der Waals surface area contributed by atoms with Gasteiger partial charge in [0.1, 0.15) is 48.6 Å². The summed E-state index contributed by atoms with van der Waals surface area (Å²) < 4.78 is 26.0. The van der Waals surface area contributed by atoms with E-state index in [2.05, 4.69) is 13.2 Å². The first kappa shape index (κ1) is 30.7. The minimum Gasteiger partial charge on any atom is -0.459 e. The summed E-state index contributed by atoms with van der Waals surface area (Å²) in [5, 5.41) is 19.5. The molecule has 0 heterocycles. The van der Waals surface area contributed by atoms with Gasteiger partial charge in [0.25, 0.3) is 0 Å². The lowest BCUT2D eigenvalue weighted by Gasteiger charge is -2.18. The fourth-order valence-electron chi connectivity index (χ4n) is 2.79. The number of esters is 4. The van der Waals surface area contributed by atoms with Crippen LogP contribution in [0.3, 0.4) is 0 Å². The van der Waals surface area contributed by atoms with Crippen LogP contribution in [0.2, 0.25) is 0 Å². The van der Waals surface area contributed by atoms with Gasteiger partial charge in [0.05, 0.1) is 6.61 Å². The van der Waals surface area contributed by atoms with Crippen LogP contribution in [-0.4, -0.2) is 72.7 Å². The van der Waals surface area contributed by atoms with Gasteiger partial charge < -0.3 is 33.9 Å². The average molecular weight is 543 g/mol. The van der Waals surface area contributed by atoms with E-state index in [9.17, 15) is 29.4 Å². The second-order valence-electron chi connectivity index (χ2n) is 8.31. The van der Waals surface area contributed by atoms with Crippen molar-refractivity contribution < 1.29 is 53.1 Å². The molecule has 0 saturated heterocycles. The third-order valence-electron chi connectivity index (χ3n) is 4.82. The number of ether oxygens (including phenoxy) is 5. The van der Waals surface area contributed by atoms with Crippen molar-refractivity contribution in [2.75, 3.05) is 26.4 Å². The Bertz CT molecular complexity index is 1220. The molecule has 39 heavy (non-hydrogen) atoms. The second kappa shape index (κ2) is 15.1. The summed E-state index contributed by atoms with van der Waals surface area (Å²) >= 11 is 0. The number of para-hydroxylation sites is 2. The number of carbonyl (C=O) groups is 4. The van der Waals surface area contributed by atoms with E-state index in [1.54, 1.807) is 24.3 Å². The van der Waals surface area contributed by atoms with Gasteiger partial charge in [0.15, 0.2) is 6.10 Å². The minimum absolute atomic E-state index is 0.00765.